The molecule has 0 spiro atoms. The molecular weight excluding hydrogens is 316 g/mol. The van der Waals surface area contributed by atoms with Crippen molar-refractivity contribution in [2.75, 3.05) is 18.5 Å². The molecule has 1 aliphatic carbocycles. The summed E-state index contributed by atoms with van der Waals surface area (Å²) in [6.07, 6.45) is 4.43. The van der Waals surface area contributed by atoms with Crippen LogP contribution in [0.5, 0.6) is 5.75 Å². The Bertz CT molecular complexity index is 634. The van der Waals surface area contributed by atoms with Gasteiger partial charge in [0.2, 0.25) is 0 Å². The van der Waals surface area contributed by atoms with E-state index >= 15 is 0 Å². The second-order valence-corrected chi connectivity index (χ2v) is 6.75. The van der Waals surface area contributed by atoms with Crippen molar-refractivity contribution in [3.8, 4) is 11.8 Å². The Balaban J connectivity index is 2.19. The number of rotatable bonds is 7. The van der Waals surface area contributed by atoms with Gasteiger partial charge in [-0.3, -0.25) is 4.79 Å². The molecule has 0 aromatic heterocycles. The van der Waals surface area contributed by atoms with E-state index in [1.807, 2.05) is 13.8 Å². The summed E-state index contributed by atoms with van der Waals surface area (Å²) in [6.45, 7) is 7.19. The van der Waals surface area contributed by atoms with Gasteiger partial charge in [-0.05, 0) is 56.7 Å². The number of ether oxygens (including phenoxy) is 2. The molecule has 0 radical (unpaired) electrons. The second-order valence-electron chi connectivity index (χ2n) is 6.75. The first-order valence-electron chi connectivity index (χ1n) is 9.17. The van der Waals surface area contributed by atoms with E-state index in [1.165, 1.54) is 0 Å². The third kappa shape index (κ3) is 4.73. The van der Waals surface area contributed by atoms with E-state index in [4.69, 9.17) is 9.47 Å². The van der Waals surface area contributed by atoms with Gasteiger partial charge in [-0.1, -0.05) is 20.3 Å². The largest absolute Gasteiger partial charge is 0.494 e. The fourth-order valence-electron chi connectivity index (χ4n) is 3.45. The summed E-state index contributed by atoms with van der Waals surface area (Å²) in [5, 5.41) is 12.3. The number of anilines is 1. The highest BCUT2D eigenvalue weighted by Gasteiger charge is 2.42. The number of amides is 1. The molecule has 1 aromatic rings. The minimum Gasteiger partial charge on any atom is -0.494 e. The Kier molecular flexibility index (Phi) is 6.83. The lowest BCUT2D eigenvalue weighted by Gasteiger charge is -2.38. The Morgan fingerprint density at radius 3 is 2.88 bits per heavy atom. The molecule has 136 valence electrons. The lowest BCUT2D eigenvalue weighted by Crippen LogP contribution is -2.48. The minimum absolute atomic E-state index is 0.153. The third-order valence-corrected chi connectivity index (χ3v) is 4.62. The number of carbonyl (C=O) groups excluding carboxylic acids is 1. The quantitative estimate of drug-likeness (QED) is 0.802. The van der Waals surface area contributed by atoms with Gasteiger partial charge in [0.05, 0.1) is 17.9 Å². The SMILES string of the molecule is CCCOc1ccc(NC(=O)[C@]2(OCC)CCC[C@@H](C)C2)c(C#N)c1. The number of carbonyl (C=O) groups is 1. The van der Waals surface area contributed by atoms with Crippen molar-refractivity contribution >= 4 is 11.6 Å². The molecular formula is C20H28N2O3. The molecule has 1 amide bonds. The van der Waals surface area contributed by atoms with Crippen LogP contribution < -0.4 is 10.1 Å². The summed E-state index contributed by atoms with van der Waals surface area (Å²) in [6, 6.07) is 7.32. The average Bonchev–Trinajstić information content (AvgIpc) is 2.61. The Morgan fingerprint density at radius 2 is 2.24 bits per heavy atom. The lowest BCUT2D eigenvalue weighted by atomic mass is 9.78. The van der Waals surface area contributed by atoms with Gasteiger partial charge in [0.1, 0.15) is 17.4 Å². The van der Waals surface area contributed by atoms with Crippen molar-refractivity contribution in [1.82, 2.24) is 0 Å². The smallest absolute Gasteiger partial charge is 0.256 e. The highest BCUT2D eigenvalue weighted by molar-refractivity contribution is 5.98. The molecule has 2 atom stereocenters. The standard InChI is InChI=1S/C20H28N2O3/c1-4-11-24-17-8-9-18(16(12-17)14-21)22-19(23)20(25-5-2)10-6-7-15(3)13-20/h8-9,12,15H,4-7,10-11,13H2,1-3H3,(H,22,23)/t15-,20+/m1/s1. The number of nitrogens with zero attached hydrogens (tertiary/aromatic N) is 1. The van der Waals surface area contributed by atoms with Gasteiger partial charge in [-0.2, -0.15) is 5.26 Å². The topological polar surface area (TPSA) is 71.3 Å². The monoisotopic (exact) mass is 344 g/mol. The van der Waals surface area contributed by atoms with Crippen molar-refractivity contribution in [1.29, 1.82) is 5.26 Å². The molecule has 1 aliphatic rings. The maximum absolute atomic E-state index is 13.0. The van der Waals surface area contributed by atoms with E-state index < -0.39 is 5.60 Å². The van der Waals surface area contributed by atoms with Crippen molar-refractivity contribution < 1.29 is 14.3 Å². The summed E-state index contributed by atoms with van der Waals surface area (Å²) in [7, 11) is 0. The zero-order valence-electron chi connectivity index (χ0n) is 15.4. The first-order valence-corrected chi connectivity index (χ1v) is 9.17. The molecule has 0 heterocycles. The Hall–Kier alpha value is -2.06. The molecule has 0 bridgehead atoms. The van der Waals surface area contributed by atoms with Crippen molar-refractivity contribution in [3.63, 3.8) is 0 Å². The number of hydrogen-bond acceptors (Lipinski definition) is 4. The lowest BCUT2D eigenvalue weighted by molar-refractivity contribution is -0.147. The van der Waals surface area contributed by atoms with Gasteiger partial charge >= 0.3 is 0 Å². The average molecular weight is 344 g/mol. The first kappa shape index (κ1) is 19.3. The fourth-order valence-corrected chi connectivity index (χ4v) is 3.45. The van der Waals surface area contributed by atoms with Gasteiger partial charge in [0, 0.05) is 6.61 Å². The summed E-state index contributed by atoms with van der Waals surface area (Å²) in [5.74, 6) is 0.938. The van der Waals surface area contributed by atoms with Gasteiger partial charge < -0.3 is 14.8 Å². The zero-order valence-corrected chi connectivity index (χ0v) is 15.4. The van der Waals surface area contributed by atoms with Crippen LogP contribution in [0.25, 0.3) is 0 Å². The molecule has 2 rings (SSSR count). The highest BCUT2D eigenvalue weighted by Crippen LogP contribution is 2.36. The fraction of sp³-hybridized carbons (Fsp3) is 0.600. The second kappa shape index (κ2) is 8.87. The van der Waals surface area contributed by atoms with Crippen molar-refractivity contribution in [2.24, 2.45) is 5.92 Å². The normalized spacial score (nSPS) is 22.9. The van der Waals surface area contributed by atoms with Gasteiger partial charge in [-0.25, -0.2) is 0 Å². The number of nitriles is 1. The zero-order chi connectivity index (χ0) is 18.3. The van der Waals surface area contributed by atoms with Crippen molar-refractivity contribution in [3.05, 3.63) is 23.8 Å². The van der Waals surface area contributed by atoms with E-state index in [9.17, 15) is 10.1 Å². The van der Waals surface area contributed by atoms with E-state index in [0.717, 1.165) is 25.7 Å². The van der Waals surface area contributed by atoms with Crippen LogP contribution in [0.4, 0.5) is 5.69 Å². The molecule has 1 fully saturated rings. The maximum atomic E-state index is 13.0. The molecule has 1 saturated carbocycles. The van der Waals surface area contributed by atoms with Crippen LogP contribution in [-0.2, 0) is 9.53 Å². The highest BCUT2D eigenvalue weighted by atomic mass is 16.5. The summed E-state index contributed by atoms with van der Waals surface area (Å²) in [5.41, 5.74) is 0.113. The van der Waals surface area contributed by atoms with E-state index in [1.54, 1.807) is 18.2 Å². The molecule has 25 heavy (non-hydrogen) atoms. The van der Waals surface area contributed by atoms with Gasteiger partial charge in [0.25, 0.3) is 5.91 Å². The Morgan fingerprint density at radius 1 is 1.44 bits per heavy atom. The maximum Gasteiger partial charge on any atom is 0.256 e. The van der Waals surface area contributed by atoms with E-state index in [-0.39, 0.29) is 5.91 Å². The van der Waals surface area contributed by atoms with Crippen LogP contribution >= 0.6 is 0 Å². The van der Waals surface area contributed by atoms with Crippen LogP contribution in [-0.4, -0.2) is 24.7 Å². The summed E-state index contributed by atoms with van der Waals surface area (Å²) >= 11 is 0. The van der Waals surface area contributed by atoms with Gasteiger partial charge in [0.15, 0.2) is 0 Å². The molecule has 5 nitrogen and oxygen atoms in total. The number of nitrogens with one attached hydrogen (secondary N) is 1. The Labute approximate surface area is 150 Å². The van der Waals surface area contributed by atoms with Crippen LogP contribution in [0, 0.1) is 17.2 Å². The minimum atomic E-state index is -0.795. The van der Waals surface area contributed by atoms with Crippen LogP contribution in [0.1, 0.15) is 58.4 Å². The predicted octanol–water partition coefficient (Wildman–Crippen LogP) is 4.27. The molecule has 1 aromatic carbocycles. The number of hydrogen-bond donors (Lipinski definition) is 1. The van der Waals surface area contributed by atoms with Crippen LogP contribution in [0.3, 0.4) is 0 Å². The molecule has 1 N–H and O–H groups in total. The molecule has 0 unspecified atom stereocenters. The third-order valence-electron chi connectivity index (χ3n) is 4.62. The summed E-state index contributed by atoms with van der Waals surface area (Å²) < 4.78 is 11.5. The summed E-state index contributed by atoms with van der Waals surface area (Å²) in [4.78, 5) is 13.0. The van der Waals surface area contributed by atoms with Crippen LogP contribution in [0.15, 0.2) is 18.2 Å². The number of benzene rings is 1. The van der Waals surface area contributed by atoms with Gasteiger partial charge in [-0.15, -0.1) is 0 Å². The van der Waals surface area contributed by atoms with Crippen LogP contribution in [0.2, 0.25) is 0 Å². The predicted molar refractivity (Wildman–Crippen MR) is 97.6 cm³/mol. The molecule has 0 saturated heterocycles. The van der Waals surface area contributed by atoms with Crippen molar-refractivity contribution in [2.45, 2.75) is 58.5 Å². The first-order chi connectivity index (χ1) is 12.0. The van der Waals surface area contributed by atoms with E-state index in [2.05, 4.69) is 18.3 Å². The molecule has 0 aliphatic heterocycles. The van der Waals surface area contributed by atoms with E-state index in [0.29, 0.717) is 42.6 Å². The molecule has 5 heteroatoms.